The van der Waals surface area contributed by atoms with E-state index in [0.29, 0.717) is 5.91 Å². The van der Waals surface area contributed by atoms with Gasteiger partial charge in [-0.1, -0.05) is 0 Å². The second-order valence-electron chi connectivity index (χ2n) is 5.56. The molecule has 1 aliphatic rings. The topological polar surface area (TPSA) is 43.8 Å². The minimum Gasteiger partial charge on any atom is -0.394 e. The van der Waals surface area contributed by atoms with Crippen LogP contribution in [-0.4, -0.2) is 60.1 Å². The number of nitrogens with zero attached hydrogens (tertiary/aromatic N) is 2. The zero-order valence-corrected chi connectivity index (χ0v) is 12.3. The van der Waals surface area contributed by atoms with E-state index in [2.05, 4.69) is 4.90 Å². The van der Waals surface area contributed by atoms with Crippen molar-refractivity contribution in [3.05, 3.63) is 0 Å². The van der Waals surface area contributed by atoms with Gasteiger partial charge in [-0.25, -0.2) is 0 Å². The van der Waals surface area contributed by atoms with Gasteiger partial charge >= 0.3 is 0 Å². The van der Waals surface area contributed by atoms with Gasteiger partial charge in [-0.15, -0.1) is 0 Å². The molecule has 4 heteroatoms. The summed E-state index contributed by atoms with van der Waals surface area (Å²) in [5.74, 6) is 0.454. The lowest BCUT2D eigenvalue weighted by molar-refractivity contribution is -0.137. The highest BCUT2D eigenvalue weighted by Gasteiger charge is 2.39. The first kappa shape index (κ1) is 15.4. The van der Waals surface area contributed by atoms with E-state index in [0.717, 1.165) is 38.8 Å². The van der Waals surface area contributed by atoms with Gasteiger partial charge in [0.2, 0.25) is 5.91 Å². The Kier molecular flexibility index (Phi) is 5.60. The molecule has 0 aromatic heterocycles. The minimum atomic E-state index is -0.111. The fourth-order valence-electron chi connectivity index (χ4n) is 2.94. The summed E-state index contributed by atoms with van der Waals surface area (Å²) in [5.41, 5.74) is -0.111. The van der Waals surface area contributed by atoms with Crippen LogP contribution in [0.2, 0.25) is 0 Å². The largest absolute Gasteiger partial charge is 0.394 e. The van der Waals surface area contributed by atoms with Crippen molar-refractivity contribution in [3.63, 3.8) is 0 Å². The van der Waals surface area contributed by atoms with Gasteiger partial charge in [-0.05, 0) is 53.6 Å². The normalized spacial score (nSPS) is 28.4. The van der Waals surface area contributed by atoms with Gasteiger partial charge in [0.25, 0.3) is 0 Å². The first-order valence-corrected chi connectivity index (χ1v) is 7.07. The molecule has 1 fully saturated rings. The number of aliphatic hydroxyl groups is 1. The Morgan fingerprint density at radius 1 is 1.22 bits per heavy atom. The fraction of sp³-hybridized carbons (Fsp3) is 0.929. The Bertz CT molecular complexity index is 267. The summed E-state index contributed by atoms with van der Waals surface area (Å²) in [6.45, 7) is 5.84. The number of likely N-dealkylation sites (N-methyl/N-ethyl adjacent to an activating group) is 1. The molecule has 0 saturated heterocycles. The monoisotopic (exact) mass is 256 g/mol. The Balaban J connectivity index is 2.60. The predicted molar refractivity (Wildman–Crippen MR) is 73.4 cm³/mol. The summed E-state index contributed by atoms with van der Waals surface area (Å²) >= 11 is 0. The van der Waals surface area contributed by atoms with Crippen LogP contribution in [0.3, 0.4) is 0 Å². The molecule has 106 valence electrons. The Morgan fingerprint density at radius 3 is 2.06 bits per heavy atom. The van der Waals surface area contributed by atoms with Crippen LogP contribution in [0, 0.1) is 5.92 Å². The molecule has 0 aromatic carbocycles. The average molecular weight is 256 g/mol. The standard InChI is InChI=1S/C14H28N2O2/c1-5-16(6-2)13(18)12-7-9-14(11-17,10-8-12)15(3)4/h12,17H,5-11H2,1-4H3. The highest BCUT2D eigenvalue weighted by Crippen LogP contribution is 2.35. The third kappa shape index (κ3) is 3.04. The maximum absolute atomic E-state index is 12.3. The van der Waals surface area contributed by atoms with Gasteiger partial charge in [-0.3, -0.25) is 4.79 Å². The van der Waals surface area contributed by atoms with Gasteiger partial charge in [0, 0.05) is 24.5 Å². The molecular formula is C14H28N2O2. The van der Waals surface area contributed by atoms with Gasteiger partial charge in [-0.2, -0.15) is 0 Å². The summed E-state index contributed by atoms with van der Waals surface area (Å²) in [7, 11) is 4.03. The molecule has 1 rings (SSSR count). The molecule has 0 heterocycles. The van der Waals surface area contributed by atoms with Crippen molar-refractivity contribution in [1.29, 1.82) is 0 Å². The van der Waals surface area contributed by atoms with Gasteiger partial charge in [0.05, 0.1) is 6.61 Å². The first-order chi connectivity index (χ1) is 8.50. The number of amides is 1. The van der Waals surface area contributed by atoms with Crippen LogP contribution in [0.5, 0.6) is 0 Å². The molecule has 18 heavy (non-hydrogen) atoms. The molecule has 0 unspecified atom stereocenters. The summed E-state index contributed by atoms with van der Waals surface area (Å²) in [4.78, 5) is 16.3. The molecule has 0 spiro atoms. The highest BCUT2D eigenvalue weighted by molar-refractivity contribution is 5.78. The smallest absolute Gasteiger partial charge is 0.225 e. The summed E-state index contributed by atoms with van der Waals surface area (Å²) in [6, 6.07) is 0. The molecule has 4 nitrogen and oxygen atoms in total. The summed E-state index contributed by atoms with van der Waals surface area (Å²) < 4.78 is 0. The quantitative estimate of drug-likeness (QED) is 0.807. The average Bonchev–Trinajstić information content (AvgIpc) is 2.39. The number of aliphatic hydroxyl groups excluding tert-OH is 1. The van der Waals surface area contributed by atoms with E-state index in [1.165, 1.54) is 0 Å². The van der Waals surface area contributed by atoms with Crippen LogP contribution in [0.1, 0.15) is 39.5 Å². The van der Waals surface area contributed by atoms with Crippen molar-refractivity contribution in [2.45, 2.75) is 45.1 Å². The van der Waals surface area contributed by atoms with Crippen LogP contribution in [0.15, 0.2) is 0 Å². The van der Waals surface area contributed by atoms with E-state index in [4.69, 9.17) is 0 Å². The van der Waals surface area contributed by atoms with E-state index in [9.17, 15) is 9.90 Å². The SMILES string of the molecule is CCN(CC)C(=O)C1CCC(CO)(N(C)C)CC1. The number of rotatable bonds is 5. The van der Waals surface area contributed by atoms with E-state index < -0.39 is 0 Å². The maximum atomic E-state index is 12.3. The molecule has 0 bridgehead atoms. The number of hydrogen-bond donors (Lipinski definition) is 1. The zero-order chi connectivity index (χ0) is 13.8. The van der Waals surface area contributed by atoms with Crippen molar-refractivity contribution in [3.8, 4) is 0 Å². The van der Waals surface area contributed by atoms with Gasteiger partial charge in [0.15, 0.2) is 0 Å². The predicted octanol–water partition coefficient (Wildman–Crippen LogP) is 1.34. The lowest BCUT2D eigenvalue weighted by Crippen LogP contribution is -2.51. The highest BCUT2D eigenvalue weighted by atomic mass is 16.3. The molecule has 1 aliphatic carbocycles. The van der Waals surface area contributed by atoms with Crippen LogP contribution < -0.4 is 0 Å². The first-order valence-electron chi connectivity index (χ1n) is 7.07. The van der Waals surface area contributed by atoms with Crippen molar-refractivity contribution < 1.29 is 9.90 Å². The fourth-order valence-corrected chi connectivity index (χ4v) is 2.94. The van der Waals surface area contributed by atoms with Crippen LogP contribution >= 0.6 is 0 Å². The maximum Gasteiger partial charge on any atom is 0.225 e. The summed E-state index contributed by atoms with van der Waals surface area (Å²) in [6.07, 6.45) is 3.62. The molecule has 0 radical (unpaired) electrons. The molecule has 1 amide bonds. The number of carbonyl (C=O) groups is 1. The Morgan fingerprint density at radius 2 is 1.72 bits per heavy atom. The van der Waals surface area contributed by atoms with Crippen molar-refractivity contribution >= 4 is 5.91 Å². The van der Waals surface area contributed by atoms with Crippen molar-refractivity contribution in [2.75, 3.05) is 33.8 Å². The Hall–Kier alpha value is -0.610. The molecule has 1 saturated carbocycles. The number of carbonyl (C=O) groups excluding carboxylic acids is 1. The molecule has 0 aromatic rings. The second kappa shape index (κ2) is 6.53. The lowest BCUT2D eigenvalue weighted by atomic mass is 9.75. The third-order valence-electron chi connectivity index (χ3n) is 4.58. The van der Waals surface area contributed by atoms with Crippen LogP contribution in [0.4, 0.5) is 0 Å². The lowest BCUT2D eigenvalue weighted by Gasteiger charge is -2.44. The summed E-state index contributed by atoms with van der Waals surface area (Å²) in [5, 5.41) is 9.60. The van der Waals surface area contributed by atoms with Crippen molar-refractivity contribution in [1.82, 2.24) is 9.80 Å². The van der Waals surface area contributed by atoms with E-state index in [1.807, 2.05) is 32.8 Å². The van der Waals surface area contributed by atoms with Gasteiger partial charge in [0.1, 0.15) is 0 Å². The molecular weight excluding hydrogens is 228 g/mol. The minimum absolute atomic E-state index is 0.111. The molecule has 0 atom stereocenters. The van der Waals surface area contributed by atoms with E-state index >= 15 is 0 Å². The van der Waals surface area contributed by atoms with Crippen LogP contribution in [0.25, 0.3) is 0 Å². The molecule has 1 N–H and O–H groups in total. The van der Waals surface area contributed by atoms with E-state index in [-0.39, 0.29) is 18.1 Å². The Labute approximate surface area is 111 Å². The third-order valence-corrected chi connectivity index (χ3v) is 4.58. The van der Waals surface area contributed by atoms with Crippen LogP contribution in [-0.2, 0) is 4.79 Å². The molecule has 0 aliphatic heterocycles. The second-order valence-corrected chi connectivity index (χ2v) is 5.56. The number of hydrogen-bond acceptors (Lipinski definition) is 3. The van der Waals surface area contributed by atoms with Crippen molar-refractivity contribution in [2.24, 2.45) is 5.92 Å². The van der Waals surface area contributed by atoms with E-state index in [1.54, 1.807) is 0 Å². The zero-order valence-electron chi connectivity index (χ0n) is 12.3. The van der Waals surface area contributed by atoms with Gasteiger partial charge < -0.3 is 14.9 Å².